The lowest BCUT2D eigenvalue weighted by atomic mass is 10.0. The molecule has 1 atom stereocenters. The Hall–Kier alpha value is -0.550. The smallest absolute Gasteiger partial charge is 0.274 e. The molecule has 7 heteroatoms. The fraction of sp³-hybridized carbons (Fsp3) is 0.500. The van der Waals surface area contributed by atoms with Crippen LogP contribution in [0.1, 0.15) is 29.8 Å². The standard InChI is InChI=1S/C12H13Cl3N2O2/c13-8-5-16-11(10(15)9(8)14)12(19)17-4-2-1-3-7(17)6-18/h5,7,18H,1-4,6H2. The summed E-state index contributed by atoms with van der Waals surface area (Å²) in [6.07, 6.45) is 3.99. The van der Waals surface area contributed by atoms with Crippen molar-refractivity contribution in [1.29, 1.82) is 0 Å². The number of pyridine rings is 1. The first-order valence-electron chi connectivity index (χ1n) is 5.97. The number of hydrogen-bond donors (Lipinski definition) is 1. The topological polar surface area (TPSA) is 53.4 Å². The number of carbonyl (C=O) groups excluding carboxylic acids is 1. The van der Waals surface area contributed by atoms with E-state index in [1.54, 1.807) is 4.90 Å². The van der Waals surface area contributed by atoms with Crippen molar-refractivity contribution in [3.8, 4) is 0 Å². The van der Waals surface area contributed by atoms with E-state index in [1.807, 2.05) is 0 Å². The van der Waals surface area contributed by atoms with E-state index in [0.29, 0.717) is 6.54 Å². The number of halogens is 3. The number of hydrogen-bond acceptors (Lipinski definition) is 3. The summed E-state index contributed by atoms with van der Waals surface area (Å²) in [6, 6.07) is -0.187. The summed E-state index contributed by atoms with van der Waals surface area (Å²) in [5.74, 6) is -0.317. The van der Waals surface area contributed by atoms with E-state index in [1.165, 1.54) is 6.20 Å². The molecule has 1 aromatic heterocycles. The zero-order valence-corrected chi connectivity index (χ0v) is 12.3. The van der Waals surface area contributed by atoms with Gasteiger partial charge >= 0.3 is 0 Å². The maximum Gasteiger partial charge on any atom is 0.274 e. The largest absolute Gasteiger partial charge is 0.394 e. The number of aliphatic hydroxyl groups excluding tert-OH is 1. The highest BCUT2D eigenvalue weighted by atomic mass is 35.5. The first kappa shape index (κ1) is 14.9. The first-order valence-corrected chi connectivity index (χ1v) is 7.11. The van der Waals surface area contributed by atoms with Crippen molar-refractivity contribution in [2.24, 2.45) is 0 Å². The van der Waals surface area contributed by atoms with Crippen LogP contribution in [0.15, 0.2) is 6.20 Å². The van der Waals surface area contributed by atoms with Crippen LogP contribution in [0.3, 0.4) is 0 Å². The van der Waals surface area contributed by atoms with Gasteiger partial charge in [-0.15, -0.1) is 0 Å². The Bertz CT molecular complexity index is 496. The van der Waals surface area contributed by atoms with Crippen LogP contribution in [0, 0.1) is 0 Å². The van der Waals surface area contributed by atoms with E-state index in [9.17, 15) is 9.90 Å². The number of aliphatic hydroxyl groups is 1. The van der Waals surface area contributed by atoms with Gasteiger partial charge in [0.05, 0.1) is 27.7 Å². The zero-order valence-electron chi connectivity index (χ0n) is 10.1. The molecule has 1 amide bonds. The Morgan fingerprint density at radius 2 is 2.11 bits per heavy atom. The number of amides is 1. The van der Waals surface area contributed by atoms with Gasteiger partial charge in [-0.05, 0) is 19.3 Å². The van der Waals surface area contributed by atoms with Crippen molar-refractivity contribution < 1.29 is 9.90 Å². The molecule has 1 saturated heterocycles. The molecule has 1 aromatic rings. The van der Waals surface area contributed by atoms with E-state index in [4.69, 9.17) is 34.8 Å². The van der Waals surface area contributed by atoms with Crippen LogP contribution in [0.25, 0.3) is 0 Å². The minimum atomic E-state index is -0.317. The van der Waals surface area contributed by atoms with Gasteiger partial charge in [-0.1, -0.05) is 34.8 Å². The molecular weight excluding hydrogens is 311 g/mol. The van der Waals surface area contributed by atoms with Gasteiger partial charge in [-0.2, -0.15) is 0 Å². The van der Waals surface area contributed by atoms with E-state index in [-0.39, 0.29) is 39.3 Å². The molecular formula is C12H13Cl3N2O2. The molecule has 0 aliphatic carbocycles. The van der Waals surface area contributed by atoms with Gasteiger partial charge in [-0.3, -0.25) is 4.79 Å². The predicted octanol–water partition coefficient (Wildman–Crippen LogP) is 3.03. The van der Waals surface area contributed by atoms with Crippen molar-refractivity contribution in [2.45, 2.75) is 25.3 Å². The number of nitrogens with zero attached hydrogens (tertiary/aromatic N) is 2. The number of rotatable bonds is 2. The van der Waals surface area contributed by atoms with Crippen LogP contribution in [0.4, 0.5) is 0 Å². The molecule has 0 spiro atoms. The molecule has 104 valence electrons. The molecule has 1 N–H and O–H groups in total. The van der Waals surface area contributed by atoms with Crippen LogP contribution >= 0.6 is 34.8 Å². The average molecular weight is 324 g/mol. The number of carbonyl (C=O) groups is 1. The second-order valence-electron chi connectivity index (χ2n) is 4.41. The normalized spacial score (nSPS) is 19.6. The van der Waals surface area contributed by atoms with Gasteiger partial charge in [0.1, 0.15) is 5.69 Å². The van der Waals surface area contributed by atoms with Crippen LogP contribution in [0.2, 0.25) is 15.1 Å². The minimum Gasteiger partial charge on any atom is -0.394 e. The van der Waals surface area contributed by atoms with Gasteiger partial charge in [0.15, 0.2) is 0 Å². The Kier molecular flexibility index (Phi) is 4.90. The van der Waals surface area contributed by atoms with E-state index >= 15 is 0 Å². The van der Waals surface area contributed by atoms with E-state index in [0.717, 1.165) is 19.3 Å². The highest BCUT2D eigenvalue weighted by Crippen LogP contribution is 2.32. The average Bonchev–Trinajstić information content (AvgIpc) is 2.44. The quantitative estimate of drug-likeness (QED) is 0.910. The highest BCUT2D eigenvalue weighted by molar-refractivity contribution is 6.48. The third-order valence-electron chi connectivity index (χ3n) is 3.22. The molecule has 1 unspecified atom stereocenters. The summed E-state index contributed by atoms with van der Waals surface area (Å²) < 4.78 is 0. The van der Waals surface area contributed by atoms with Crippen molar-refractivity contribution >= 4 is 40.7 Å². The monoisotopic (exact) mass is 322 g/mol. The van der Waals surface area contributed by atoms with Crippen LogP contribution in [0.5, 0.6) is 0 Å². The second kappa shape index (κ2) is 6.27. The Labute approximate surface area is 126 Å². The molecule has 1 fully saturated rings. The summed E-state index contributed by atoms with van der Waals surface area (Å²) in [4.78, 5) is 18.0. The Morgan fingerprint density at radius 3 is 2.79 bits per heavy atom. The Morgan fingerprint density at radius 1 is 1.37 bits per heavy atom. The molecule has 0 radical (unpaired) electrons. The molecule has 0 aromatic carbocycles. The lowest BCUT2D eigenvalue weighted by molar-refractivity contribution is 0.0497. The summed E-state index contributed by atoms with van der Waals surface area (Å²) in [6.45, 7) is 0.521. The van der Waals surface area contributed by atoms with Gasteiger partial charge < -0.3 is 10.0 Å². The van der Waals surface area contributed by atoms with Crippen molar-refractivity contribution in [2.75, 3.05) is 13.2 Å². The second-order valence-corrected chi connectivity index (χ2v) is 5.58. The van der Waals surface area contributed by atoms with E-state index < -0.39 is 0 Å². The zero-order chi connectivity index (χ0) is 14.0. The first-order chi connectivity index (χ1) is 9.06. The fourth-order valence-corrected chi connectivity index (χ4v) is 2.75. The lowest BCUT2D eigenvalue weighted by Crippen LogP contribution is -2.46. The molecule has 1 aliphatic heterocycles. The predicted molar refractivity (Wildman–Crippen MR) is 75.0 cm³/mol. The number of piperidine rings is 1. The molecule has 1 aliphatic rings. The molecule has 0 saturated carbocycles. The highest BCUT2D eigenvalue weighted by Gasteiger charge is 2.29. The summed E-state index contributed by atoms with van der Waals surface area (Å²) in [7, 11) is 0. The van der Waals surface area contributed by atoms with Gasteiger partial charge in [0, 0.05) is 12.7 Å². The SMILES string of the molecule is O=C(c1ncc(Cl)c(Cl)c1Cl)N1CCCCC1CO. The minimum absolute atomic E-state index is 0.0569. The number of aromatic nitrogens is 1. The molecule has 4 nitrogen and oxygen atoms in total. The molecule has 2 heterocycles. The van der Waals surface area contributed by atoms with Crippen molar-refractivity contribution in [1.82, 2.24) is 9.88 Å². The Balaban J connectivity index is 2.31. The third-order valence-corrected chi connectivity index (χ3v) is 4.46. The van der Waals surface area contributed by atoms with Gasteiger partial charge in [-0.25, -0.2) is 4.98 Å². The van der Waals surface area contributed by atoms with Crippen LogP contribution < -0.4 is 0 Å². The maximum absolute atomic E-state index is 12.4. The summed E-state index contributed by atoms with van der Waals surface area (Å²) in [5.41, 5.74) is 0.0800. The lowest BCUT2D eigenvalue weighted by Gasteiger charge is -2.34. The van der Waals surface area contributed by atoms with Crippen molar-refractivity contribution in [3.05, 3.63) is 27.0 Å². The fourth-order valence-electron chi connectivity index (χ4n) is 2.19. The van der Waals surface area contributed by atoms with Gasteiger partial charge in [0.2, 0.25) is 0 Å². The summed E-state index contributed by atoms with van der Waals surface area (Å²) in [5, 5.41) is 9.72. The number of likely N-dealkylation sites (tertiary alicyclic amines) is 1. The van der Waals surface area contributed by atoms with Crippen molar-refractivity contribution in [3.63, 3.8) is 0 Å². The molecule has 0 bridgehead atoms. The van der Waals surface area contributed by atoms with E-state index in [2.05, 4.69) is 4.98 Å². The molecule has 19 heavy (non-hydrogen) atoms. The maximum atomic E-state index is 12.4. The third kappa shape index (κ3) is 2.97. The summed E-state index contributed by atoms with van der Waals surface area (Å²) >= 11 is 17.7. The van der Waals surface area contributed by atoms with Crippen LogP contribution in [-0.2, 0) is 0 Å². The van der Waals surface area contributed by atoms with Gasteiger partial charge in [0.25, 0.3) is 5.91 Å². The van der Waals surface area contributed by atoms with Crippen LogP contribution in [-0.4, -0.2) is 40.1 Å². The molecule has 2 rings (SSSR count).